The summed E-state index contributed by atoms with van der Waals surface area (Å²) in [7, 11) is 0. The van der Waals surface area contributed by atoms with Gasteiger partial charge in [0.2, 0.25) is 0 Å². The van der Waals surface area contributed by atoms with Crippen LogP contribution in [0.15, 0.2) is 30.3 Å². The molecule has 1 aromatic carbocycles. The molecule has 1 fully saturated rings. The number of hydrogen-bond donors (Lipinski definition) is 1. The van der Waals surface area contributed by atoms with Crippen molar-refractivity contribution in [2.75, 3.05) is 6.61 Å². The molecule has 96 valence electrons. The van der Waals surface area contributed by atoms with E-state index in [9.17, 15) is 9.59 Å². The molecule has 0 bridgehead atoms. The van der Waals surface area contributed by atoms with E-state index < -0.39 is 12.0 Å². The van der Waals surface area contributed by atoms with E-state index in [1.807, 2.05) is 6.07 Å². The number of hydroxylamine groups is 2. The molecular weight excluding hydrogens is 236 g/mol. The van der Waals surface area contributed by atoms with Crippen molar-refractivity contribution < 1.29 is 19.2 Å². The van der Waals surface area contributed by atoms with E-state index in [0.717, 1.165) is 5.06 Å². The van der Waals surface area contributed by atoms with Gasteiger partial charge in [-0.25, -0.2) is 9.86 Å². The Kier molecular flexibility index (Phi) is 3.59. The number of nitrogens with two attached hydrogens (primary N) is 1. The van der Waals surface area contributed by atoms with Crippen molar-refractivity contribution in [3.05, 3.63) is 30.3 Å². The van der Waals surface area contributed by atoms with E-state index in [4.69, 9.17) is 15.3 Å². The molecule has 6 nitrogen and oxygen atoms in total. The number of hydrogen-bond acceptors (Lipinski definition) is 5. The van der Waals surface area contributed by atoms with Crippen molar-refractivity contribution in [1.29, 1.82) is 0 Å². The highest BCUT2D eigenvalue weighted by atomic mass is 16.7. The molecule has 2 atom stereocenters. The van der Waals surface area contributed by atoms with Crippen LogP contribution in [0.4, 0.5) is 0 Å². The van der Waals surface area contributed by atoms with Crippen molar-refractivity contribution in [3.8, 4) is 5.75 Å². The third-order valence-electron chi connectivity index (χ3n) is 2.69. The molecular formula is C12H14N2O4. The van der Waals surface area contributed by atoms with Gasteiger partial charge in [0.25, 0.3) is 5.91 Å². The zero-order chi connectivity index (χ0) is 13.1. The summed E-state index contributed by atoms with van der Waals surface area (Å²) in [6.45, 7) is 1.42. The molecule has 6 heteroatoms. The van der Waals surface area contributed by atoms with E-state index in [0.29, 0.717) is 5.75 Å². The van der Waals surface area contributed by atoms with Gasteiger partial charge in [-0.05, 0) is 19.1 Å². The number of carbonyl (C=O) groups is 2. The second-order valence-electron chi connectivity index (χ2n) is 3.99. The number of esters is 1. The van der Waals surface area contributed by atoms with E-state index in [2.05, 4.69) is 0 Å². The van der Waals surface area contributed by atoms with Gasteiger partial charge in [-0.1, -0.05) is 18.2 Å². The van der Waals surface area contributed by atoms with Crippen LogP contribution in [0.5, 0.6) is 5.75 Å². The molecule has 2 N–H and O–H groups in total. The van der Waals surface area contributed by atoms with Crippen LogP contribution in [0.2, 0.25) is 0 Å². The molecule has 0 unspecified atom stereocenters. The van der Waals surface area contributed by atoms with E-state index in [1.54, 1.807) is 31.2 Å². The fraction of sp³-hybridized carbons (Fsp3) is 0.333. The predicted octanol–water partition coefficient (Wildman–Crippen LogP) is 0.0816. The van der Waals surface area contributed by atoms with Crippen LogP contribution >= 0.6 is 0 Å². The lowest BCUT2D eigenvalue weighted by molar-refractivity contribution is -0.230. The molecule has 1 aromatic rings. The second kappa shape index (κ2) is 5.16. The Morgan fingerprint density at radius 1 is 1.39 bits per heavy atom. The largest absolute Gasteiger partial charge is 0.425 e. The Morgan fingerprint density at radius 3 is 2.67 bits per heavy atom. The van der Waals surface area contributed by atoms with Crippen LogP contribution in [-0.4, -0.2) is 35.6 Å². The summed E-state index contributed by atoms with van der Waals surface area (Å²) < 4.78 is 5.00. The number of benzene rings is 1. The second-order valence-corrected chi connectivity index (χ2v) is 3.99. The zero-order valence-corrected chi connectivity index (χ0v) is 9.91. The molecule has 0 spiro atoms. The number of nitrogens with zero attached hydrogens (tertiary/aromatic N) is 1. The smallest absolute Gasteiger partial charge is 0.340 e. The average Bonchev–Trinajstić information content (AvgIpc) is 2.39. The van der Waals surface area contributed by atoms with Gasteiger partial charge in [0.05, 0.1) is 6.04 Å². The third kappa shape index (κ3) is 2.49. The summed E-state index contributed by atoms with van der Waals surface area (Å²) in [5.41, 5.74) is 5.50. The fourth-order valence-corrected chi connectivity index (χ4v) is 1.57. The number of para-hydroxylation sites is 1. The Morgan fingerprint density at radius 2 is 2.06 bits per heavy atom. The average molecular weight is 250 g/mol. The Balaban J connectivity index is 1.78. The van der Waals surface area contributed by atoms with Gasteiger partial charge in [0.15, 0.2) is 6.61 Å². The van der Waals surface area contributed by atoms with Gasteiger partial charge in [-0.15, -0.1) is 0 Å². The van der Waals surface area contributed by atoms with Crippen molar-refractivity contribution in [2.45, 2.75) is 19.0 Å². The Labute approximate surface area is 104 Å². The molecule has 0 aromatic heterocycles. The van der Waals surface area contributed by atoms with Gasteiger partial charge in [0, 0.05) is 0 Å². The molecule has 1 amide bonds. The van der Waals surface area contributed by atoms with Gasteiger partial charge >= 0.3 is 5.97 Å². The summed E-state index contributed by atoms with van der Waals surface area (Å²) in [5.74, 6) is -0.456. The molecule has 0 aliphatic carbocycles. The molecule has 0 saturated carbocycles. The third-order valence-corrected chi connectivity index (χ3v) is 2.69. The molecule has 1 heterocycles. The maximum atomic E-state index is 11.4. The van der Waals surface area contributed by atoms with E-state index >= 15 is 0 Å². The Bertz CT molecular complexity index is 449. The number of carbonyl (C=O) groups excluding carboxylic acids is 2. The van der Waals surface area contributed by atoms with Crippen LogP contribution in [0, 0.1) is 0 Å². The normalized spacial score (nSPS) is 22.6. The number of β-lactam (4-membered cyclic amide) rings is 1. The van der Waals surface area contributed by atoms with Crippen LogP contribution in [-0.2, 0) is 14.4 Å². The highest BCUT2D eigenvalue weighted by Gasteiger charge is 2.43. The summed E-state index contributed by atoms with van der Waals surface area (Å²) in [5, 5.41) is 1.09. The standard InChI is InChI=1S/C12H14N2O4/c1-8-11(13)12(16)14(8)17-7-10(15)18-9-5-3-2-4-6-9/h2-6,8,11H,7,13H2,1H3/t8-,11-/m0/s1. The Hall–Kier alpha value is -1.92. The number of amides is 1. The summed E-state index contributed by atoms with van der Waals surface area (Å²) in [6, 6.07) is 7.87. The molecule has 1 aliphatic rings. The topological polar surface area (TPSA) is 81.9 Å². The first kappa shape index (κ1) is 12.5. The first-order valence-corrected chi connectivity index (χ1v) is 5.57. The summed E-state index contributed by atoms with van der Waals surface area (Å²) in [6.07, 6.45) is 0. The molecule has 1 aliphatic heterocycles. The van der Waals surface area contributed by atoms with Gasteiger partial charge in [-0.2, -0.15) is 0 Å². The molecule has 2 rings (SSSR count). The summed E-state index contributed by atoms with van der Waals surface area (Å²) >= 11 is 0. The van der Waals surface area contributed by atoms with Gasteiger partial charge in [-0.3, -0.25) is 9.63 Å². The number of rotatable bonds is 4. The maximum Gasteiger partial charge on any atom is 0.340 e. The minimum absolute atomic E-state index is 0.220. The summed E-state index contributed by atoms with van der Waals surface area (Å²) in [4.78, 5) is 27.7. The van der Waals surface area contributed by atoms with Crippen molar-refractivity contribution in [1.82, 2.24) is 5.06 Å². The lowest BCUT2D eigenvalue weighted by atomic mass is 10.0. The fourth-order valence-electron chi connectivity index (χ4n) is 1.57. The van der Waals surface area contributed by atoms with Gasteiger partial charge < -0.3 is 10.5 Å². The van der Waals surface area contributed by atoms with Crippen molar-refractivity contribution in [3.63, 3.8) is 0 Å². The lowest BCUT2D eigenvalue weighted by Crippen LogP contribution is -2.67. The quantitative estimate of drug-likeness (QED) is 0.465. The van der Waals surface area contributed by atoms with Crippen LogP contribution < -0.4 is 10.5 Å². The first-order chi connectivity index (χ1) is 8.59. The lowest BCUT2D eigenvalue weighted by Gasteiger charge is -2.41. The zero-order valence-electron chi connectivity index (χ0n) is 9.91. The van der Waals surface area contributed by atoms with Crippen LogP contribution in [0.3, 0.4) is 0 Å². The minimum atomic E-state index is -0.568. The highest BCUT2D eigenvalue weighted by molar-refractivity contribution is 5.88. The van der Waals surface area contributed by atoms with E-state index in [-0.39, 0.29) is 18.6 Å². The highest BCUT2D eigenvalue weighted by Crippen LogP contribution is 2.17. The van der Waals surface area contributed by atoms with Crippen LogP contribution in [0.1, 0.15) is 6.92 Å². The predicted molar refractivity (Wildman–Crippen MR) is 62.3 cm³/mol. The van der Waals surface area contributed by atoms with E-state index in [1.165, 1.54) is 0 Å². The molecule has 0 radical (unpaired) electrons. The van der Waals surface area contributed by atoms with Crippen molar-refractivity contribution in [2.24, 2.45) is 5.73 Å². The minimum Gasteiger partial charge on any atom is -0.425 e. The SMILES string of the molecule is C[C@H]1[C@H](N)C(=O)N1OCC(=O)Oc1ccccc1. The maximum absolute atomic E-state index is 11.4. The monoisotopic (exact) mass is 250 g/mol. The number of ether oxygens (including phenoxy) is 1. The molecule has 1 saturated heterocycles. The van der Waals surface area contributed by atoms with Gasteiger partial charge in [0.1, 0.15) is 11.8 Å². The van der Waals surface area contributed by atoms with Crippen molar-refractivity contribution >= 4 is 11.9 Å². The first-order valence-electron chi connectivity index (χ1n) is 5.57. The molecule has 18 heavy (non-hydrogen) atoms. The van der Waals surface area contributed by atoms with Crippen LogP contribution in [0.25, 0.3) is 0 Å².